The Morgan fingerprint density at radius 1 is 1.35 bits per heavy atom. The van der Waals surface area contributed by atoms with Gasteiger partial charge in [-0.3, -0.25) is 9.59 Å². The number of hydrogen-bond acceptors (Lipinski definition) is 3. The second kappa shape index (κ2) is 7.02. The summed E-state index contributed by atoms with van der Waals surface area (Å²) in [6, 6.07) is 7.67. The zero-order valence-corrected chi connectivity index (χ0v) is 14.0. The van der Waals surface area contributed by atoms with Crippen LogP contribution in [0.4, 0.5) is 0 Å². The molecule has 5 heteroatoms. The van der Waals surface area contributed by atoms with Crippen molar-refractivity contribution in [3.63, 3.8) is 0 Å². The molecule has 0 spiro atoms. The summed E-state index contributed by atoms with van der Waals surface area (Å²) in [7, 11) is 3.31. The van der Waals surface area contributed by atoms with Gasteiger partial charge in [0, 0.05) is 13.6 Å². The summed E-state index contributed by atoms with van der Waals surface area (Å²) in [5, 5.41) is 9.07. The highest BCUT2D eigenvalue weighted by atomic mass is 16.5. The number of ether oxygens (including phenoxy) is 1. The van der Waals surface area contributed by atoms with Crippen molar-refractivity contribution in [2.45, 2.75) is 38.0 Å². The number of carbonyl (C=O) groups excluding carboxylic acids is 1. The van der Waals surface area contributed by atoms with E-state index in [9.17, 15) is 9.59 Å². The molecule has 1 fully saturated rings. The molecule has 5 nitrogen and oxygen atoms in total. The van der Waals surface area contributed by atoms with Gasteiger partial charge < -0.3 is 14.7 Å². The molecule has 0 aliphatic heterocycles. The molecule has 1 saturated carbocycles. The number of hydrogen-bond donors (Lipinski definition) is 1. The molecule has 0 bridgehead atoms. The number of likely N-dealkylation sites (N-methyl/N-ethyl adjacent to an activating group) is 1. The van der Waals surface area contributed by atoms with Gasteiger partial charge in [-0.15, -0.1) is 0 Å². The van der Waals surface area contributed by atoms with Crippen molar-refractivity contribution >= 4 is 11.9 Å². The van der Waals surface area contributed by atoms with Crippen LogP contribution < -0.4 is 4.74 Å². The first-order valence-corrected chi connectivity index (χ1v) is 8.03. The van der Waals surface area contributed by atoms with Gasteiger partial charge in [0.05, 0.1) is 18.4 Å². The molecule has 1 unspecified atom stereocenters. The third-order valence-corrected chi connectivity index (χ3v) is 4.80. The number of carboxylic acid groups (broad SMARTS) is 1. The topological polar surface area (TPSA) is 66.8 Å². The van der Waals surface area contributed by atoms with Crippen LogP contribution in [-0.4, -0.2) is 42.6 Å². The van der Waals surface area contributed by atoms with E-state index in [1.165, 1.54) is 0 Å². The lowest BCUT2D eigenvalue weighted by Crippen LogP contribution is -2.45. The van der Waals surface area contributed by atoms with Crippen molar-refractivity contribution in [1.29, 1.82) is 0 Å². The average Bonchev–Trinajstić information content (AvgIpc) is 3.04. The fourth-order valence-electron chi connectivity index (χ4n) is 3.46. The number of methoxy groups -OCH3 is 1. The predicted octanol–water partition coefficient (Wildman–Crippen LogP) is 2.69. The molecule has 0 aromatic heterocycles. The van der Waals surface area contributed by atoms with Gasteiger partial charge in [-0.2, -0.15) is 0 Å². The number of carboxylic acids is 1. The first kappa shape index (κ1) is 17.3. The Balaban J connectivity index is 2.29. The molecule has 23 heavy (non-hydrogen) atoms. The summed E-state index contributed by atoms with van der Waals surface area (Å²) in [6.07, 6.45) is 3.60. The van der Waals surface area contributed by atoms with E-state index in [4.69, 9.17) is 9.84 Å². The van der Waals surface area contributed by atoms with Crippen LogP contribution in [0.3, 0.4) is 0 Å². The molecule has 1 aromatic carbocycles. The molecule has 126 valence electrons. The minimum atomic E-state index is -0.883. The van der Waals surface area contributed by atoms with Gasteiger partial charge in [0.25, 0.3) is 0 Å². The first-order valence-electron chi connectivity index (χ1n) is 8.03. The van der Waals surface area contributed by atoms with Gasteiger partial charge in [0.2, 0.25) is 5.91 Å². The normalized spacial score (nSPS) is 17.5. The van der Waals surface area contributed by atoms with Crippen LogP contribution in [0.2, 0.25) is 0 Å². The van der Waals surface area contributed by atoms with Gasteiger partial charge in [0.15, 0.2) is 0 Å². The van der Waals surface area contributed by atoms with E-state index < -0.39 is 17.3 Å². The first-order chi connectivity index (χ1) is 10.9. The number of nitrogens with zero attached hydrogens (tertiary/aromatic N) is 1. The van der Waals surface area contributed by atoms with E-state index in [-0.39, 0.29) is 12.5 Å². The smallest absolute Gasteiger partial charge is 0.308 e. The largest absolute Gasteiger partial charge is 0.497 e. The summed E-state index contributed by atoms with van der Waals surface area (Å²) in [5.74, 6) is -0.710. The van der Waals surface area contributed by atoms with Crippen molar-refractivity contribution in [3.05, 3.63) is 29.8 Å². The zero-order chi connectivity index (χ0) is 17.0. The molecule has 1 N–H and O–H groups in total. The Labute approximate surface area is 137 Å². The van der Waals surface area contributed by atoms with Gasteiger partial charge in [-0.25, -0.2) is 0 Å². The number of carbonyl (C=O) groups is 2. The third-order valence-electron chi connectivity index (χ3n) is 4.80. The maximum absolute atomic E-state index is 13.1. The number of aliphatic carboxylic acids is 1. The molecule has 1 amide bonds. The fourth-order valence-corrected chi connectivity index (χ4v) is 3.46. The molecule has 1 aliphatic rings. The quantitative estimate of drug-likeness (QED) is 0.875. The Morgan fingerprint density at radius 3 is 2.57 bits per heavy atom. The van der Waals surface area contributed by atoms with Crippen molar-refractivity contribution in [1.82, 2.24) is 4.90 Å². The summed E-state index contributed by atoms with van der Waals surface area (Å²) in [5.41, 5.74) is 0.413. The molecule has 0 radical (unpaired) electrons. The van der Waals surface area contributed by atoms with Crippen molar-refractivity contribution in [2.75, 3.05) is 20.7 Å². The molecular formula is C18H25NO4. The minimum absolute atomic E-state index is 0.0105. The summed E-state index contributed by atoms with van der Waals surface area (Å²) in [6.45, 7) is 1.85. The van der Waals surface area contributed by atoms with Gasteiger partial charge >= 0.3 is 5.97 Å². The van der Waals surface area contributed by atoms with E-state index in [2.05, 4.69) is 0 Å². The number of rotatable bonds is 6. The van der Waals surface area contributed by atoms with Gasteiger partial charge in [-0.1, -0.05) is 31.9 Å². The Hall–Kier alpha value is -2.04. The molecule has 0 heterocycles. The lowest BCUT2D eigenvalue weighted by molar-refractivity contribution is -0.143. The Morgan fingerprint density at radius 2 is 2.00 bits per heavy atom. The van der Waals surface area contributed by atoms with E-state index in [1.54, 1.807) is 26.0 Å². The van der Waals surface area contributed by atoms with Crippen molar-refractivity contribution in [2.24, 2.45) is 5.92 Å². The summed E-state index contributed by atoms with van der Waals surface area (Å²) in [4.78, 5) is 25.7. The van der Waals surface area contributed by atoms with E-state index in [0.29, 0.717) is 0 Å². The van der Waals surface area contributed by atoms with Crippen LogP contribution in [0.25, 0.3) is 0 Å². The van der Waals surface area contributed by atoms with Crippen LogP contribution >= 0.6 is 0 Å². The van der Waals surface area contributed by atoms with E-state index in [0.717, 1.165) is 37.0 Å². The standard InChI is InChI=1S/C18H25NO4/c1-13(16(20)21)12-19(2)17(22)18(9-4-5-10-18)14-7-6-8-15(11-14)23-3/h6-8,11,13H,4-5,9-10,12H2,1-3H3,(H,20,21). The van der Waals surface area contributed by atoms with Crippen molar-refractivity contribution in [3.8, 4) is 5.75 Å². The molecule has 1 aliphatic carbocycles. The fraction of sp³-hybridized carbons (Fsp3) is 0.556. The van der Waals surface area contributed by atoms with E-state index in [1.807, 2.05) is 24.3 Å². The lowest BCUT2D eigenvalue weighted by atomic mass is 9.77. The lowest BCUT2D eigenvalue weighted by Gasteiger charge is -2.33. The third kappa shape index (κ3) is 3.49. The maximum Gasteiger partial charge on any atom is 0.308 e. The number of benzene rings is 1. The molecular weight excluding hydrogens is 294 g/mol. The van der Waals surface area contributed by atoms with Crippen molar-refractivity contribution < 1.29 is 19.4 Å². The Bertz CT molecular complexity index is 578. The van der Waals surface area contributed by atoms with Gasteiger partial charge in [-0.05, 0) is 30.5 Å². The summed E-state index contributed by atoms with van der Waals surface area (Å²) < 4.78 is 5.29. The number of amides is 1. The maximum atomic E-state index is 13.1. The predicted molar refractivity (Wildman–Crippen MR) is 87.6 cm³/mol. The highest BCUT2D eigenvalue weighted by Gasteiger charge is 2.44. The highest BCUT2D eigenvalue weighted by molar-refractivity contribution is 5.89. The van der Waals surface area contributed by atoms with Crippen LogP contribution in [-0.2, 0) is 15.0 Å². The van der Waals surface area contributed by atoms with Crippen LogP contribution in [0, 0.1) is 5.92 Å². The second-order valence-electron chi connectivity index (χ2n) is 6.45. The monoisotopic (exact) mass is 319 g/mol. The minimum Gasteiger partial charge on any atom is -0.497 e. The molecule has 2 rings (SSSR count). The van der Waals surface area contributed by atoms with Crippen LogP contribution in [0.15, 0.2) is 24.3 Å². The zero-order valence-electron chi connectivity index (χ0n) is 14.0. The van der Waals surface area contributed by atoms with E-state index >= 15 is 0 Å². The summed E-state index contributed by atoms with van der Waals surface area (Å²) >= 11 is 0. The molecule has 1 aromatic rings. The SMILES string of the molecule is COc1cccc(C2(C(=O)N(C)CC(C)C(=O)O)CCCC2)c1. The molecule has 1 atom stereocenters. The van der Waals surface area contributed by atoms with Crippen LogP contribution in [0.5, 0.6) is 5.75 Å². The van der Waals surface area contributed by atoms with Crippen LogP contribution in [0.1, 0.15) is 38.2 Å². The Kier molecular flexibility index (Phi) is 5.29. The van der Waals surface area contributed by atoms with Gasteiger partial charge in [0.1, 0.15) is 5.75 Å². The molecule has 0 saturated heterocycles. The second-order valence-corrected chi connectivity index (χ2v) is 6.45. The highest BCUT2D eigenvalue weighted by Crippen LogP contribution is 2.43. The average molecular weight is 319 g/mol.